The second-order valence-electron chi connectivity index (χ2n) is 2.65. The van der Waals surface area contributed by atoms with Gasteiger partial charge >= 0.3 is 0 Å². The van der Waals surface area contributed by atoms with E-state index in [1.807, 2.05) is 6.92 Å². The van der Waals surface area contributed by atoms with Crippen LogP contribution in [0.3, 0.4) is 0 Å². The highest BCUT2D eigenvalue weighted by Crippen LogP contribution is 1.74. The Kier molecular flexibility index (Phi) is 10.8. The number of hydrogen-bond acceptors (Lipinski definition) is 3. The zero-order valence-corrected chi connectivity index (χ0v) is 8.36. The summed E-state index contributed by atoms with van der Waals surface area (Å²) in [6.45, 7) is 10.0. The first-order chi connectivity index (χ1) is 5.91. The first-order valence-electron chi connectivity index (χ1n) is 4.91. The van der Waals surface area contributed by atoms with Crippen LogP contribution in [0.15, 0.2) is 0 Å². The maximum absolute atomic E-state index is 5.18. The van der Waals surface area contributed by atoms with Crippen LogP contribution in [-0.4, -0.2) is 39.4 Å². The summed E-state index contributed by atoms with van der Waals surface area (Å²) in [6.07, 6.45) is 1.19. The van der Waals surface area contributed by atoms with Crippen LogP contribution in [0.1, 0.15) is 20.3 Å². The molecule has 0 rings (SSSR count). The van der Waals surface area contributed by atoms with E-state index in [0.717, 1.165) is 39.4 Å². The summed E-state index contributed by atoms with van der Waals surface area (Å²) >= 11 is 0. The third-order valence-corrected chi connectivity index (χ3v) is 1.58. The Bertz CT molecular complexity index is 68.9. The van der Waals surface area contributed by atoms with Crippen molar-refractivity contribution in [3.63, 3.8) is 0 Å². The normalized spacial score (nSPS) is 10.5. The molecule has 0 aliphatic rings. The second-order valence-corrected chi connectivity index (χ2v) is 2.65. The lowest BCUT2D eigenvalue weighted by Crippen LogP contribution is -2.24. The summed E-state index contributed by atoms with van der Waals surface area (Å²) in [4.78, 5) is 0. The molecular formula is C9H22N2O. The van der Waals surface area contributed by atoms with Crippen molar-refractivity contribution in [2.45, 2.75) is 20.3 Å². The molecule has 12 heavy (non-hydrogen) atoms. The fourth-order valence-corrected chi connectivity index (χ4v) is 0.929. The molecular weight excluding hydrogens is 152 g/mol. The van der Waals surface area contributed by atoms with Crippen LogP contribution in [0.2, 0.25) is 0 Å². The molecule has 0 aliphatic carbocycles. The number of hydrogen-bond donors (Lipinski definition) is 2. The molecule has 0 amide bonds. The van der Waals surface area contributed by atoms with Crippen molar-refractivity contribution in [3.05, 3.63) is 0 Å². The van der Waals surface area contributed by atoms with Gasteiger partial charge in [-0.1, -0.05) is 6.92 Å². The van der Waals surface area contributed by atoms with Crippen LogP contribution >= 0.6 is 0 Å². The highest BCUT2D eigenvalue weighted by atomic mass is 16.5. The van der Waals surface area contributed by atoms with Gasteiger partial charge in [-0.25, -0.2) is 0 Å². The van der Waals surface area contributed by atoms with Gasteiger partial charge in [0.2, 0.25) is 0 Å². The van der Waals surface area contributed by atoms with Gasteiger partial charge < -0.3 is 15.4 Å². The van der Waals surface area contributed by atoms with Crippen molar-refractivity contribution >= 4 is 0 Å². The monoisotopic (exact) mass is 174 g/mol. The standard InChI is InChI=1S/C9H22N2O/c1-3-10-6-5-7-11-8-9-12-4-2/h10-11H,3-9H2,1-2H3. The fourth-order valence-electron chi connectivity index (χ4n) is 0.929. The largest absolute Gasteiger partial charge is 0.380 e. The highest BCUT2D eigenvalue weighted by molar-refractivity contribution is 4.49. The lowest BCUT2D eigenvalue weighted by Gasteiger charge is -2.04. The molecule has 0 aromatic heterocycles. The third kappa shape index (κ3) is 9.88. The Morgan fingerprint density at radius 3 is 2.42 bits per heavy atom. The molecule has 0 saturated carbocycles. The van der Waals surface area contributed by atoms with Gasteiger partial charge in [0.05, 0.1) is 6.61 Å². The Morgan fingerprint density at radius 2 is 1.75 bits per heavy atom. The third-order valence-electron chi connectivity index (χ3n) is 1.58. The minimum Gasteiger partial charge on any atom is -0.380 e. The summed E-state index contributed by atoms with van der Waals surface area (Å²) in [5.41, 5.74) is 0. The van der Waals surface area contributed by atoms with E-state index >= 15 is 0 Å². The predicted octanol–water partition coefficient (Wildman–Crippen LogP) is 0.612. The van der Waals surface area contributed by atoms with E-state index in [-0.39, 0.29) is 0 Å². The van der Waals surface area contributed by atoms with Gasteiger partial charge in [-0.2, -0.15) is 0 Å². The molecule has 0 fully saturated rings. The van der Waals surface area contributed by atoms with Crippen molar-refractivity contribution in [2.24, 2.45) is 0 Å². The zero-order chi connectivity index (χ0) is 9.07. The van der Waals surface area contributed by atoms with Crippen molar-refractivity contribution in [2.75, 3.05) is 39.4 Å². The van der Waals surface area contributed by atoms with E-state index in [0.29, 0.717) is 0 Å². The average molecular weight is 174 g/mol. The highest BCUT2D eigenvalue weighted by Gasteiger charge is 1.87. The Hall–Kier alpha value is -0.120. The molecule has 0 bridgehead atoms. The summed E-state index contributed by atoms with van der Waals surface area (Å²) in [5, 5.41) is 6.59. The van der Waals surface area contributed by atoms with Gasteiger partial charge in [0.25, 0.3) is 0 Å². The number of nitrogens with one attached hydrogen (secondary N) is 2. The Morgan fingerprint density at radius 1 is 1.00 bits per heavy atom. The van der Waals surface area contributed by atoms with Crippen LogP contribution in [0, 0.1) is 0 Å². The van der Waals surface area contributed by atoms with Crippen molar-refractivity contribution in [1.82, 2.24) is 10.6 Å². The molecule has 0 aromatic carbocycles. The molecule has 3 heteroatoms. The molecule has 0 aliphatic heterocycles. The van der Waals surface area contributed by atoms with Crippen LogP contribution in [0.25, 0.3) is 0 Å². The minimum absolute atomic E-state index is 0.819. The molecule has 0 heterocycles. The molecule has 0 unspecified atom stereocenters. The summed E-state index contributed by atoms with van der Waals surface area (Å²) in [6, 6.07) is 0. The van der Waals surface area contributed by atoms with Gasteiger partial charge in [-0.05, 0) is 33.0 Å². The van der Waals surface area contributed by atoms with E-state index < -0.39 is 0 Å². The smallest absolute Gasteiger partial charge is 0.0590 e. The first-order valence-corrected chi connectivity index (χ1v) is 4.91. The minimum atomic E-state index is 0.819. The lowest BCUT2D eigenvalue weighted by atomic mass is 10.4. The zero-order valence-electron chi connectivity index (χ0n) is 8.36. The maximum atomic E-state index is 5.18. The SMILES string of the molecule is CCNCCCNCCOCC. The Labute approximate surface area is 75.9 Å². The number of rotatable bonds is 9. The first kappa shape index (κ1) is 11.9. The molecule has 0 aromatic rings. The quantitative estimate of drug-likeness (QED) is 0.503. The van der Waals surface area contributed by atoms with E-state index in [9.17, 15) is 0 Å². The summed E-state index contributed by atoms with van der Waals surface area (Å²) in [7, 11) is 0. The van der Waals surface area contributed by atoms with E-state index in [1.54, 1.807) is 0 Å². The van der Waals surface area contributed by atoms with Crippen LogP contribution in [0.5, 0.6) is 0 Å². The van der Waals surface area contributed by atoms with Gasteiger partial charge in [0.15, 0.2) is 0 Å². The molecule has 0 atom stereocenters. The van der Waals surface area contributed by atoms with Crippen molar-refractivity contribution in [3.8, 4) is 0 Å². The van der Waals surface area contributed by atoms with E-state index in [4.69, 9.17) is 4.74 Å². The van der Waals surface area contributed by atoms with Crippen molar-refractivity contribution < 1.29 is 4.74 Å². The maximum Gasteiger partial charge on any atom is 0.0590 e. The molecule has 3 nitrogen and oxygen atoms in total. The van der Waals surface area contributed by atoms with Crippen molar-refractivity contribution in [1.29, 1.82) is 0 Å². The Balaban J connectivity index is 2.73. The summed E-state index contributed by atoms with van der Waals surface area (Å²) < 4.78 is 5.18. The van der Waals surface area contributed by atoms with E-state index in [1.165, 1.54) is 6.42 Å². The second kappa shape index (κ2) is 10.9. The average Bonchev–Trinajstić information content (AvgIpc) is 2.10. The van der Waals surface area contributed by atoms with E-state index in [2.05, 4.69) is 17.6 Å². The molecule has 0 saturated heterocycles. The lowest BCUT2D eigenvalue weighted by molar-refractivity contribution is 0.149. The number of ether oxygens (including phenoxy) is 1. The molecule has 0 radical (unpaired) electrons. The van der Waals surface area contributed by atoms with Crippen LogP contribution in [-0.2, 0) is 4.74 Å². The molecule has 74 valence electrons. The predicted molar refractivity (Wildman–Crippen MR) is 52.5 cm³/mol. The van der Waals surface area contributed by atoms with Crippen LogP contribution in [0.4, 0.5) is 0 Å². The van der Waals surface area contributed by atoms with Gasteiger partial charge in [0, 0.05) is 13.2 Å². The topological polar surface area (TPSA) is 33.3 Å². The van der Waals surface area contributed by atoms with Gasteiger partial charge in [-0.15, -0.1) is 0 Å². The van der Waals surface area contributed by atoms with Gasteiger partial charge in [-0.3, -0.25) is 0 Å². The fraction of sp³-hybridized carbons (Fsp3) is 1.00. The van der Waals surface area contributed by atoms with Crippen LogP contribution < -0.4 is 10.6 Å². The van der Waals surface area contributed by atoms with Gasteiger partial charge in [0.1, 0.15) is 0 Å². The molecule has 2 N–H and O–H groups in total. The summed E-state index contributed by atoms with van der Waals surface area (Å²) in [5.74, 6) is 0. The molecule has 0 spiro atoms.